The van der Waals surface area contributed by atoms with Gasteiger partial charge in [0.2, 0.25) is 0 Å². The number of benzene rings is 1. The number of nitrogens with one attached hydrogen (secondary N) is 1. The smallest absolute Gasteiger partial charge is 0.122 e. The minimum absolute atomic E-state index is 0.410. The van der Waals surface area contributed by atoms with Crippen molar-refractivity contribution in [3.8, 4) is 5.75 Å². The van der Waals surface area contributed by atoms with Gasteiger partial charge < -0.3 is 4.74 Å². The van der Waals surface area contributed by atoms with Crippen LogP contribution < -0.4 is 4.74 Å². The van der Waals surface area contributed by atoms with E-state index in [4.69, 9.17) is 4.74 Å². The molecule has 0 aliphatic heterocycles. The monoisotopic (exact) mass is 273 g/mol. The third-order valence-corrected chi connectivity index (χ3v) is 3.50. The Balaban J connectivity index is 2.21. The third kappa shape index (κ3) is 3.38. The quantitative estimate of drug-likeness (QED) is 0.873. The Morgan fingerprint density at radius 3 is 2.65 bits per heavy atom. The van der Waals surface area contributed by atoms with Crippen LogP contribution in [0.4, 0.5) is 0 Å². The van der Waals surface area contributed by atoms with E-state index in [1.54, 1.807) is 6.20 Å². The summed E-state index contributed by atoms with van der Waals surface area (Å²) in [6.45, 7) is 9.33. The first kappa shape index (κ1) is 14.6. The van der Waals surface area contributed by atoms with Crippen LogP contribution in [0.15, 0.2) is 24.4 Å². The lowest BCUT2D eigenvalue weighted by Crippen LogP contribution is -2.03. The van der Waals surface area contributed by atoms with Crippen molar-refractivity contribution in [3.05, 3.63) is 41.2 Å². The summed E-state index contributed by atoms with van der Waals surface area (Å²) in [5.41, 5.74) is 3.59. The standard InChI is InChI=1S/C16H23N3O/c1-5-20-16-7-6-13(9-15(16)11(2)3)12(4)8-14-10-17-19-18-14/h6-7,9-12H,5,8H2,1-4H3,(H,17,18,19). The van der Waals surface area contributed by atoms with Crippen molar-refractivity contribution >= 4 is 0 Å². The van der Waals surface area contributed by atoms with Gasteiger partial charge in [0, 0.05) is 0 Å². The van der Waals surface area contributed by atoms with Gasteiger partial charge >= 0.3 is 0 Å². The van der Waals surface area contributed by atoms with Crippen LogP contribution in [0.5, 0.6) is 5.75 Å². The summed E-state index contributed by atoms with van der Waals surface area (Å²) in [5, 5.41) is 10.6. The molecule has 1 aromatic carbocycles. The van der Waals surface area contributed by atoms with Gasteiger partial charge in [-0.2, -0.15) is 15.4 Å². The van der Waals surface area contributed by atoms with Crippen molar-refractivity contribution in [1.29, 1.82) is 0 Å². The fourth-order valence-corrected chi connectivity index (χ4v) is 2.37. The molecule has 0 spiro atoms. The molecule has 0 saturated carbocycles. The van der Waals surface area contributed by atoms with Gasteiger partial charge in [0.1, 0.15) is 5.75 Å². The average Bonchev–Trinajstić information content (AvgIpc) is 2.92. The summed E-state index contributed by atoms with van der Waals surface area (Å²) in [4.78, 5) is 0. The van der Waals surface area contributed by atoms with Crippen LogP contribution in [0.3, 0.4) is 0 Å². The molecule has 0 aliphatic carbocycles. The first-order chi connectivity index (χ1) is 9.61. The van der Waals surface area contributed by atoms with Crippen LogP contribution in [0.25, 0.3) is 0 Å². The number of aromatic amines is 1. The lowest BCUT2D eigenvalue weighted by molar-refractivity contribution is 0.335. The number of nitrogens with zero attached hydrogens (tertiary/aromatic N) is 2. The number of H-pyrrole nitrogens is 1. The molecule has 1 heterocycles. The maximum atomic E-state index is 5.71. The van der Waals surface area contributed by atoms with Gasteiger partial charge in [0.25, 0.3) is 0 Å². The zero-order chi connectivity index (χ0) is 14.5. The third-order valence-electron chi connectivity index (χ3n) is 3.50. The second-order valence-corrected chi connectivity index (χ2v) is 5.45. The lowest BCUT2D eigenvalue weighted by Gasteiger charge is -2.17. The molecule has 1 N–H and O–H groups in total. The minimum atomic E-state index is 0.410. The minimum Gasteiger partial charge on any atom is -0.494 e. The molecule has 0 fully saturated rings. The van der Waals surface area contributed by atoms with E-state index < -0.39 is 0 Å². The van der Waals surface area contributed by atoms with Crippen molar-refractivity contribution < 1.29 is 4.74 Å². The van der Waals surface area contributed by atoms with Gasteiger partial charge in [-0.15, -0.1) is 0 Å². The Morgan fingerprint density at radius 2 is 2.05 bits per heavy atom. The number of aromatic nitrogens is 3. The predicted molar refractivity (Wildman–Crippen MR) is 80.2 cm³/mol. The maximum absolute atomic E-state index is 5.71. The highest BCUT2D eigenvalue weighted by atomic mass is 16.5. The largest absolute Gasteiger partial charge is 0.494 e. The maximum Gasteiger partial charge on any atom is 0.122 e. The molecule has 2 rings (SSSR count). The molecule has 108 valence electrons. The number of ether oxygens (including phenoxy) is 1. The van der Waals surface area contributed by atoms with Gasteiger partial charge in [-0.3, -0.25) is 0 Å². The van der Waals surface area contributed by atoms with Gasteiger partial charge in [-0.05, 0) is 42.4 Å². The molecular weight excluding hydrogens is 250 g/mol. The second-order valence-electron chi connectivity index (χ2n) is 5.45. The molecule has 0 aliphatic rings. The lowest BCUT2D eigenvalue weighted by atomic mass is 9.91. The molecule has 1 atom stereocenters. The molecule has 4 nitrogen and oxygen atoms in total. The molecule has 1 unspecified atom stereocenters. The molecule has 0 radical (unpaired) electrons. The van der Waals surface area contributed by atoms with E-state index in [1.807, 2.05) is 6.92 Å². The van der Waals surface area contributed by atoms with Crippen LogP contribution >= 0.6 is 0 Å². The van der Waals surface area contributed by atoms with E-state index in [-0.39, 0.29) is 0 Å². The van der Waals surface area contributed by atoms with E-state index in [9.17, 15) is 0 Å². The van der Waals surface area contributed by atoms with E-state index >= 15 is 0 Å². The second kappa shape index (κ2) is 6.55. The van der Waals surface area contributed by atoms with Crippen molar-refractivity contribution in [3.63, 3.8) is 0 Å². The highest BCUT2D eigenvalue weighted by molar-refractivity contribution is 5.40. The van der Waals surface area contributed by atoms with Crippen LogP contribution in [0, 0.1) is 0 Å². The Hall–Kier alpha value is -1.84. The Bertz CT molecular complexity index is 535. The molecule has 2 aromatic rings. The van der Waals surface area contributed by atoms with Crippen LogP contribution in [0.1, 0.15) is 56.4 Å². The van der Waals surface area contributed by atoms with Gasteiger partial charge in [0.05, 0.1) is 18.5 Å². The van der Waals surface area contributed by atoms with Crippen LogP contribution in [-0.2, 0) is 6.42 Å². The van der Waals surface area contributed by atoms with E-state index in [0.29, 0.717) is 18.4 Å². The highest BCUT2D eigenvalue weighted by Gasteiger charge is 2.13. The molecule has 1 aromatic heterocycles. The van der Waals surface area contributed by atoms with Crippen LogP contribution in [0.2, 0.25) is 0 Å². The SMILES string of the molecule is CCOc1ccc(C(C)Cc2cn[nH]n2)cc1C(C)C. The van der Waals surface area contributed by atoms with Crippen LogP contribution in [-0.4, -0.2) is 22.0 Å². The number of hydrogen-bond acceptors (Lipinski definition) is 3. The molecular formula is C16H23N3O. The van der Waals surface area contributed by atoms with E-state index in [2.05, 4.69) is 54.4 Å². The van der Waals surface area contributed by atoms with Gasteiger partial charge in [0.15, 0.2) is 0 Å². The molecule has 0 saturated heterocycles. The number of hydrogen-bond donors (Lipinski definition) is 1. The molecule has 0 bridgehead atoms. The van der Waals surface area contributed by atoms with Gasteiger partial charge in [-0.25, -0.2) is 0 Å². The van der Waals surface area contributed by atoms with Gasteiger partial charge in [-0.1, -0.05) is 32.9 Å². The zero-order valence-electron chi connectivity index (χ0n) is 12.7. The zero-order valence-corrected chi connectivity index (χ0v) is 12.7. The fraction of sp³-hybridized carbons (Fsp3) is 0.500. The first-order valence-electron chi connectivity index (χ1n) is 7.23. The Kier molecular flexibility index (Phi) is 4.77. The fourth-order valence-electron chi connectivity index (χ4n) is 2.37. The van der Waals surface area contributed by atoms with E-state index in [0.717, 1.165) is 17.9 Å². The van der Waals surface area contributed by atoms with Crippen molar-refractivity contribution in [2.45, 2.75) is 46.0 Å². The predicted octanol–water partition coefficient (Wildman–Crippen LogP) is 3.67. The highest BCUT2D eigenvalue weighted by Crippen LogP contribution is 2.31. The van der Waals surface area contributed by atoms with Crippen molar-refractivity contribution in [2.75, 3.05) is 6.61 Å². The Morgan fingerprint density at radius 1 is 1.25 bits per heavy atom. The summed E-state index contributed by atoms with van der Waals surface area (Å²) in [5.74, 6) is 1.86. The van der Waals surface area contributed by atoms with E-state index in [1.165, 1.54) is 11.1 Å². The molecule has 0 amide bonds. The summed E-state index contributed by atoms with van der Waals surface area (Å²) in [7, 11) is 0. The van der Waals surface area contributed by atoms with Crippen molar-refractivity contribution in [1.82, 2.24) is 15.4 Å². The number of rotatable bonds is 6. The summed E-state index contributed by atoms with van der Waals surface area (Å²) >= 11 is 0. The topological polar surface area (TPSA) is 50.8 Å². The summed E-state index contributed by atoms with van der Waals surface area (Å²) in [6, 6.07) is 6.51. The normalized spacial score (nSPS) is 12.7. The summed E-state index contributed by atoms with van der Waals surface area (Å²) < 4.78 is 5.71. The first-order valence-corrected chi connectivity index (χ1v) is 7.23. The Labute approximate surface area is 120 Å². The molecule has 20 heavy (non-hydrogen) atoms. The summed E-state index contributed by atoms with van der Waals surface area (Å²) in [6.07, 6.45) is 2.68. The van der Waals surface area contributed by atoms with Crippen molar-refractivity contribution in [2.24, 2.45) is 0 Å². The molecule has 4 heteroatoms. The average molecular weight is 273 g/mol.